The summed E-state index contributed by atoms with van der Waals surface area (Å²) in [4.78, 5) is 0. The van der Waals surface area contributed by atoms with Crippen LogP contribution in [0.5, 0.6) is 0 Å². The van der Waals surface area contributed by atoms with Gasteiger partial charge in [0.1, 0.15) is 0 Å². The largest absolute Gasteiger partial charge is 0.381 e. The standard InChI is InChI=1S/C12H23NO/c13-7-12(6-10-8-14-9-10)11-4-2-1-3-5-11/h10-12H,1-9,13H2. The first-order valence-corrected chi connectivity index (χ1v) is 6.18. The van der Waals surface area contributed by atoms with Crippen molar-refractivity contribution in [2.45, 2.75) is 38.5 Å². The average molecular weight is 197 g/mol. The first-order valence-electron chi connectivity index (χ1n) is 6.18. The van der Waals surface area contributed by atoms with Gasteiger partial charge < -0.3 is 10.5 Å². The van der Waals surface area contributed by atoms with Crippen LogP contribution in [0.3, 0.4) is 0 Å². The number of hydrogen-bond acceptors (Lipinski definition) is 2. The first kappa shape index (κ1) is 10.4. The Balaban J connectivity index is 1.77. The van der Waals surface area contributed by atoms with Crippen molar-refractivity contribution in [3.05, 3.63) is 0 Å². The molecule has 1 aliphatic heterocycles. The Labute approximate surface area is 87.2 Å². The molecule has 1 saturated carbocycles. The number of ether oxygens (including phenoxy) is 1. The second kappa shape index (κ2) is 5.13. The van der Waals surface area contributed by atoms with Crippen molar-refractivity contribution < 1.29 is 4.74 Å². The van der Waals surface area contributed by atoms with Crippen molar-refractivity contribution in [1.29, 1.82) is 0 Å². The molecule has 2 aliphatic rings. The van der Waals surface area contributed by atoms with E-state index in [0.29, 0.717) is 0 Å². The van der Waals surface area contributed by atoms with Gasteiger partial charge in [-0.15, -0.1) is 0 Å². The summed E-state index contributed by atoms with van der Waals surface area (Å²) in [7, 11) is 0. The summed E-state index contributed by atoms with van der Waals surface area (Å²) in [5, 5.41) is 0. The zero-order chi connectivity index (χ0) is 9.80. The van der Waals surface area contributed by atoms with Crippen LogP contribution in [-0.4, -0.2) is 19.8 Å². The van der Waals surface area contributed by atoms with Crippen LogP contribution in [0.4, 0.5) is 0 Å². The normalized spacial score (nSPS) is 27.2. The van der Waals surface area contributed by atoms with Crippen molar-refractivity contribution in [2.24, 2.45) is 23.5 Å². The SMILES string of the molecule is NCC(CC1COC1)C1CCCCC1. The highest BCUT2D eigenvalue weighted by molar-refractivity contribution is 4.79. The number of rotatable bonds is 4. The van der Waals surface area contributed by atoms with E-state index >= 15 is 0 Å². The molecule has 1 atom stereocenters. The third-order valence-electron chi connectivity index (χ3n) is 3.96. The zero-order valence-electron chi connectivity index (χ0n) is 9.08. The fourth-order valence-corrected chi connectivity index (χ4v) is 2.94. The van der Waals surface area contributed by atoms with E-state index in [1.54, 1.807) is 0 Å². The fourth-order valence-electron chi connectivity index (χ4n) is 2.94. The summed E-state index contributed by atoms with van der Waals surface area (Å²) in [5.74, 6) is 2.53. The van der Waals surface area contributed by atoms with Crippen LogP contribution in [0, 0.1) is 17.8 Å². The van der Waals surface area contributed by atoms with Crippen LogP contribution in [0.15, 0.2) is 0 Å². The van der Waals surface area contributed by atoms with Gasteiger partial charge in [-0.2, -0.15) is 0 Å². The summed E-state index contributed by atoms with van der Waals surface area (Å²) in [6.45, 7) is 2.87. The number of hydrogen-bond donors (Lipinski definition) is 1. The van der Waals surface area contributed by atoms with Gasteiger partial charge in [0.25, 0.3) is 0 Å². The maximum atomic E-state index is 5.89. The van der Waals surface area contributed by atoms with E-state index in [4.69, 9.17) is 10.5 Å². The van der Waals surface area contributed by atoms with Gasteiger partial charge in [-0.1, -0.05) is 32.1 Å². The predicted molar refractivity (Wildman–Crippen MR) is 58.0 cm³/mol. The first-order chi connectivity index (χ1) is 6.90. The molecule has 0 spiro atoms. The zero-order valence-corrected chi connectivity index (χ0v) is 9.08. The van der Waals surface area contributed by atoms with Crippen LogP contribution in [-0.2, 0) is 4.74 Å². The molecule has 2 N–H and O–H groups in total. The highest BCUT2D eigenvalue weighted by atomic mass is 16.5. The molecule has 0 amide bonds. The van der Waals surface area contributed by atoms with Gasteiger partial charge in [-0.25, -0.2) is 0 Å². The molecule has 1 heterocycles. The fraction of sp³-hybridized carbons (Fsp3) is 1.00. The molecule has 2 fully saturated rings. The molecule has 0 aromatic heterocycles. The average Bonchev–Trinajstić information content (AvgIpc) is 2.18. The van der Waals surface area contributed by atoms with Crippen molar-refractivity contribution in [2.75, 3.05) is 19.8 Å². The quantitative estimate of drug-likeness (QED) is 0.749. The molecular formula is C12H23NO. The maximum absolute atomic E-state index is 5.89. The molecule has 0 bridgehead atoms. The summed E-state index contributed by atoms with van der Waals surface area (Å²) >= 11 is 0. The summed E-state index contributed by atoms with van der Waals surface area (Å²) in [5.41, 5.74) is 5.89. The smallest absolute Gasteiger partial charge is 0.0516 e. The second-order valence-corrected chi connectivity index (χ2v) is 5.03. The summed E-state index contributed by atoms with van der Waals surface area (Å²) in [6, 6.07) is 0. The Kier molecular flexibility index (Phi) is 3.82. The Morgan fingerprint density at radius 2 is 1.86 bits per heavy atom. The van der Waals surface area contributed by atoms with Crippen LogP contribution in [0.25, 0.3) is 0 Å². The second-order valence-electron chi connectivity index (χ2n) is 5.03. The van der Waals surface area contributed by atoms with E-state index in [-0.39, 0.29) is 0 Å². The maximum Gasteiger partial charge on any atom is 0.0516 e. The molecular weight excluding hydrogens is 174 g/mol. The van der Waals surface area contributed by atoms with Crippen molar-refractivity contribution in [3.8, 4) is 0 Å². The molecule has 14 heavy (non-hydrogen) atoms. The molecule has 82 valence electrons. The summed E-state index contributed by atoms with van der Waals surface area (Å²) in [6.07, 6.45) is 8.48. The minimum Gasteiger partial charge on any atom is -0.381 e. The van der Waals surface area contributed by atoms with Crippen molar-refractivity contribution in [1.82, 2.24) is 0 Å². The van der Waals surface area contributed by atoms with Crippen LogP contribution in [0.2, 0.25) is 0 Å². The van der Waals surface area contributed by atoms with Crippen LogP contribution >= 0.6 is 0 Å². The van der Waals surface area contributed by atoms with Crippen LogP contribution in [0.1, 0.15) is 38.5 Å². The summed E-state index contributed by atoms with van der Waals surface area (Å²) < 4.78 is 5.23. The molecule has 0 aromatic rings. The van der Waals surface area contributed by atoms with Gasteiger partial charge in [0.2, 0.25) is 0 Å². The molecule has 2 rings (SSSR count). The van der Waals surface area contributed by atoms with E-state index in [9.17, 15) is 0 Å². The Bertz CT molecular complexity index is 162. The third kappa shape index (κ3) is 2.48. The lowest BCUT2D eigenvalue weighted by atomic mass is 9.76. The monoisotopic (exact) mass is 197 g/mol. The minimum absolute atomic E-state index is 0.782. The van der Waals surface area contributed by atoms with E-state index in [1.807, 2.05) is 0 Å². The molecule has 1 saturated heterocycles. The van der Waals surface area contributed by atoms with Gasteiger partial charge in [-0.05, 0) is 24.8 Å². The number of nitrogens with two attached hydrogens (primary N) is 1. The van der Waals surface area contributed by atoms with Gasteiger partial charge >= 0.3 is 0 Å². The van der Waals surface area contributed by atoms with Gasteiger partial charge in [0.15, 0.2) is 0 Å². The van der Waals surface area contributed by atoms with Gasteiger partial charge in [0.05, 0.1) is 13.2 Å². The third-order valence-corrected chi connectivity index (χ3v) is 3.96. The predicted octanol–water partition coefficient (Wildman–Crippen LogP) is 2.18. The van der Waals surface area contributed by atoms with Crippen molar-refractivity contribution >= 4 is 0 Å². The lowest BCUT2D eigenvalue weighted by Gasteiger charge is -2.35. The molecule has 0 aromatic carbocycles. The molecule has 2 nitrogen and oxygen atoms in total. The van der Waals surface area contributed by atoms with Crippen molar-refractivity contribution in [3.63, 3.8) is 0 Å². The Morgan fingerprint density at radius 3 is 2.36 bits per heavy atom. The molecule has 2 heteroatoms. The molecule has 1 aliphatic carbocycles. The highest BCUT2D eigenvalue weighted by Crippen LogP contribution is 2.34. The topological polar surface area (TPSA) is 35.2 Å². The van der Waals surface area contributed by atoms with E-state index in [0.717, 1.165) is 37.5 Å². The van der Waals surface area contributed by atoms with E-state index in [1.165, 1.54) is 38.5 Å². The van der Waals surface area contributed by atoms with E-state index in [2.05, 4.69) is 0 Å². The lowest BCUT2D eigenvalue weighted by molar-refractivity contribution is -0.0466. The highest BCUT2D eigenvalue weighted by Gasteiger charge is 2.28. The minimum atomic E-state index is 0.782. The van der Waals surface area contributed by atoms with Gasteiger partial charge in [0, 0.05) is 5.92 Å². The molecule has 1 unspecified atom stereocenters. The van der Waals surface area contributed by atoms with Gasteiger partial charge in [-0.3, -0.25) is 0 Å². The lowest BCUT2D eigenvalue weighted by Crippen LogP contribution is -2.34. The Hall–Kier alpha value is -0.0800. The Morgan fingerprint density at radius 1 is 1.14 bits per heavy atom. The van der Waals surface area contributed by atoms with Crippen LogP contribution < -0.4 is 5.73 Å². The van der Waals surface area contributed by atoms with E-state index < -0.39 is 0 Å². The molecule has 0 radical (unpaired) electrons.